The summed E-state index contributed by atoms with van der Waals surface area (Å²) in [5.41, 5.74) is 1.63. The second-order valence-corrected chi connectivity index (χ2v) is 6.47. The van der Waals surface area contributed by atoms with E-state index in [1.54, 1.807) is 10.4 Å². The predicted octanol–water partition coefficient (Wildman–Crippen LogP) is 3.49. The van der Waals surface area contributed by atoms with Crippen molar-refractivity contribution < 1.29 is 0 Å². The molecule has 0 aliphatic heterocycles. The molecular formula is C16H28N2S. The maximum absolute atomic E-state index is 3.67. The Morgan fingerprint density at radius 2 is 2.21 bits per heavy atom. The van der Waals surface area contributed by atoms with Gasteiger partial charge in [-0.25, -0.2) is 0 Å². The van der Waals surface area contributed by atoms with E-state index in [4.69, 9.17) is 0 Å². The lowest BCUT2D eigenvalue weighted by atomic mass is 9.88. The van der Waals surface area contributed by atoms with Crippen molar-refractivity contribution in [3.8, 4) is 0 Å². The van der Waals surface area contributed by atoms with Crippen LogP contribution in [-0.4, -0.2) is 37.6 Å². The van der Waals surface area contributed by atoms with Crippen molar-refractivity contribution in [3.63, 3.8) is 0 Å². The van der Waals surface area contributed by atoms with Crippen molar-refractivity contribution in [1.29, 1.82) is 0 Å². The minimum absolute atomic E-state index is 0.767. The summed E-state index contributed by atoms with van der Waals surface area (Å²) in [5.74, 6) is 0.767. The van der Waals surface area contributed by atoms with Crippen LogP contribution in [0.1, 0.15) is 49.5 Å². The van der Waals surface area contributed by atoms with Crippen molar-refractivity contribution in [3.05, 3.63) is 21.9 Å². The highest BCUT2D eigenvalue weighted by Crippen LogP contribution is 2.34. The van der Waals surface area contributed by atoms with Crippen LogP contribution in [0, 0.1) is 0 Å². The first kappa shape index (κ1) is 15.0. The van der Waals surface area contributed by atoms with Gasteiger partial charge in [0.1, 0.15) is 0 Å². The summed E-state index contributed by atoms with van der Waals surface area (Å²) < 4.78 is 0. The molecule has 0 saturated carbocycles. The molecule has 0 aromatic carbocycles. The molecule has 1 heterocycles. The second-order valence-electron chi connectivity index (χ2n) is 5.47. The predicted molar refractivity (Wildman–Crippen MR) is 85.3 cm³/mol. The van der Waals surface area contributed by atoms with Gasteiger partial charge >= 0.3 is 0 Å². The van der Waals surface area contributed by atoms with Gasteiger partial charge in [-0.1, -0.05) is 13.8 Å². The van der Waals surface area contributed by atoms with Gasteiger partial charge in [0.25, 0.3) is 0 Å². The van der Waals surface area contributed by atoms with Crippen molar-refractivity contribution in [2.24, 2.45) is 0 Å². The zero-order valence-corrected chi connectivity index (χ0v) is 13.3. The van der Waals surface area contributed by atoms with Crippen LogP contribution in [-0.2, 0) is 6.42 Å². The molecular weight excluding hydrogens is 252 g/mol. The molecule has 0 amide bonds. The molecule has 0 saturated heterocycles. The van der Waals surface area contributed by atoms with Crippen LogP contribution in [0.25, 0.3) is 0 Å². The molecule has 1 aliphatic carbocycles. The molecule has 1 aromatic rings. The third-order valence-corrected chi connectivity index (χ3v) is 5.29. The number of nitrogens with one attached hydrogen (secondary N) is 1. The number of aryl methyl sites for hydroxylation is 1. The van der Waals surface area contributed by atoms with Crippen molar-refractivity contribution in [2.75, 3.05) is 32.7 Å². The highest BCUT2D eigenvalue weighted by atomic mass is 32.1. The summed E-state index contributed by atoms with van der Waals surface area (Å²) in [6.07, 6.45) is 5.32. The van der Waals surface area contributed by atoms with E-state index in [-0.39, 0.29) is 0 Å². The van der Waals surface area contributed by atoms with E-state index in [1.807, 2.05) is 11.3 Å². The van der Waals surface area contributed by atoms with Gasteiger partial charge in [0.2, 0.25) is 0 Å². The monoisotopic (exact) mass is 280 g/mol. The highest BCUT2D eigenvalue weighted by molar-refractivity contribution is 7.10. The smallest absolute Gasteiger partial charge is 0.00805 e. The number of hydrogen-bond donors (Lipinski definition) is 1. The van der Waals surface area contributed by atoms with Gasteiger partial charge in [0, 0.05) is 11.4 Å². The fraction of sp³-hybridized carbons (Fsp3) is 0.750. The van der Waals surface area contributed by atoms with E-state index in [0.29, 0.717) is 0 Å². The first-order valence-corrected chi connectivity index (χ1v) is 8.72. The van der Waals surface area contributed by atoms with Gasteiger partial charge in [0.05, 0.1) is 0 Å². The molecule has 1 N–H and O–H groups in total. The molecule has 19 heavy (non-hydrogen) atoms. The summed E-state index contributed by atoms with van der Waals surface area (Å²) in [5, 5.41) is 5.93. The van der Waals surface area contributed by atoms with Crippen molar-refractivity contribution in [1.82, 2.24) is 10.2 Å². The van der Waals surface area contributed by atoms with Crippen molar-refractivity contribution in [2.45, 2.75) is 45.4 Å². The second kappa shape index (κ2) is 8.03. The van der Waals surface area contributed by atoms with Crippen LogP contribution >= 0.6 is 11.3 Å². The Hall–Kier alpha value is -0.380. The summed E-state index contributed by atoms with van der Waals surface area (Å²) in [6.45, 7) is 10.4. The molecule has 0 fully saturated rings. The fourth-order valence-corrected chi connectivity index (χ4v) is 4.05. The van der Waals surface area contributed by atoms with Gasteiger partial charge in [-0.15, -0.1) is 11.3 Å². The minimum Gasteiger partial charge on any atom is -0.316 e. The molecule has 1 atom stereocenters. The molecule has 0 bridgehead atoms. The Morgan fingerprint density at radius 3 is 3.00 bits per heavy atom. The average molecular weight is 280 g/mol. The lowest BCUT2D eigenvalue weighted by molar-refractivity contribution is 0.297. The maximum Gasteiger partial charge on any atom is 0.00805 e. The van der Waals surface area contributed by atoms with E-state index < -0.39 is 0 Å². The largest absolute Gasteiger partial charge is 0.316 e. The number of rotatable bonds is 8. The number of nitrogens with zero attached hydrogens (tertiary/aromatic N) is 1. The molecule has 0 spiro atoms. The van der Waals surface area contributed by atoms with E-state index >= 15 is 0 Å². The summed E-state index contributed by atoms with van der Waals surface area (Å²) in [4.78, 5) is 4.14. The number of thiophene rings is 1. The number of fused-ring (bicyclic) bond motifs is 1. The Bertz CT molecular complexity index is 357. The molecule has 2 rings (SSSR count). The Labute approximate surface area is 122 Å². The quantitative estimate of drug-likeness (QED) is 0.733. The van der Waals surface area contributed by atoms with Crippen LogP contribution in [0.4, 0.5) is 0 Å². The van der Waals surface area contributed by atoms with E-state index in [2.05, 4.69) is 35.5 Å². The van der Waals surface area contributed by atoms with Gasteiger partial charge in [-0.3, -0.25) is 0 Å². The van der Waals surface area contributed by atoms with Crippen LogP contribution in [0.2, 0.25) is 0 Å². The number of hydrogen-bond acceptors (Lipinski definition) is 3. The zero-order valence-electron chi connectivity index (χ0n) is 12.5. The average Bonchev–Trinajstić information content (AvgIpc) is 2.92. The standard InChI is InChI=1S/C16H28N2S/c1-3-18(4-2)11-6-10-17-13-14-7-5-8-16-15(14)9-12-19-16/h9,12,14,17H,3-8,10-11,13H2,1-2H3. The third-order valence-electron chi connectivity index (χ3n) is 4.29. The van der Waals surface area contributed by atoms with E-state index in [0.717, 1.165) is 12.5 Å². The highest BCUT2D eigenvalue weighted by Gasteiger charge is 2.20. The lowest BCUT2D eigenvalue weighted by Crippen LogP contribution is -2.29. The van der Waals surface area contributed by atoms with Crippen molar-refractivity contribution >= 4 is 11.3 Å². The normalized spacial score (nSPS) is 18.8. The summed E-state index contributed by atoms with van der Waals surface area (Å²) in [6, 6.07) is 2.35. The summed E-state index contributed by atoms with van der Waals surface area (Å²) >= 11 is 1.95. The molecule has 3 heteroatoms. The van der Waals surface area contributed by atoms with Crippen LogP contribution in [0.15, 0.2) is 11.4 Å². The van der Waals surface area contributed by atoms with Gasteiger partial charge < -0.3 is 10.2 Å². The third kappa shape index (κ3) is 4.30. The fourth-order valence-electron chi connectivity index (χ4n) is 3.04. The first-order valence-electron chi connectivity index (χ1n) is 7.84. The lowest BCUT2D eigenvalue weighted by Gasteiger charge is -2.23. The molecule has 108 valence electrons. The molecule has 0 radical (unpaired) electrons. The van der Waals surface area contributed by atoms with Gasteiger partial charge in [-0.2, -0.15) is 0 Å². The topological polar surface area (TPSA) is 15.3 Å². The van der Waals surface area contributed by atoms with E-state index in [1.165, 1.54) is 51.9 Å². The molecule has 1 aromatic heterocycles. The Balaban J connectivity index is 1.65. The van der Waals surface area contributed by atoms with Crippen LogP contribution in [0.5, 0.6) is 0 Å². The maximum atomic E-state index is 3.67. The zero-order chi connectivity index (χ0) is 13.5. The Morgan fingerprint density at radius 1 is 1.37 bits per heavy atom. The van der Waals surface area contributed by atoms with Gasteiger partial charge in [-0.05, 0) is 74.8 Å². The molecule has 1 aliphatic rings. The Kier molecular flexibility index (Phi) is 6.35. The van der Waals surface area contributed by atoms with Crippen LogP contribution < -0.4 is 5.32 Å². The van der Waals surface area contributed by atoms with Crippen LogP contribution in [0.3, 0.4) is 0 Å². The molecule has 1 unspecified atom stereocenters. The minimum atomic E-state index is 0.767. The van der Waals surface area contributed by atoms with E-state index in [9.17, 15) is 0 Å². The van der Waals surface area contributed by atoms with Gasteiger partial charge in [0.15, 0.2) is 0 Å². The first-order chi connectivity index (χ1) is 9.35. The SMILES string of the molecule is CCN(CC)CCCNCC1CCCc2sccc21. The molecule has 2 nitrogen and oxygen atoms in total. The summed E-state index contributed by atoms with van der Waals surface area (Å²) in [7, 11) is 0.